The molecule has 0 bridgehead atoms. The zero-order valence-electron chi connectivity index (χ0n) is 14.1. The smallest absolute Gasteiger partial charge is 0.282 e. The van der Waals surface area contributed by atoms with E-state index >= 15 is 0 Å². The molecule has 1 atom stereocenters. The molecule has 24 heavy (non-hydrogen) atoms. The van der Waals surface area contributed by atoms with Gasteiger partial charge in [-0.2, -0.15) is 17.0 Å². The van der Waals surface area contributed by atoms with Gasteiger partial charge in [-0.05, 0) is 31.2 Å². The third-order valence-corrected chi connectivity index (χ3v) is 7.09. The Morgan fingerprint density at radius 1 is 1.29 bits per heavy atom. The number of hydrogen-bond donors (Lipinski definition) is 1. The normalized spacial score (nSPS) is 25.2. The molecule has 1 N–H and O–H groups in total. The molecule has 0 saturated carbocycles. The molecule has 2 aliphatic heterocycles. The van der Waals surface area contributed by atoms with Crippen LogP contribution in [-0.2, 0) is 21.5 Å². The summed E-state index contributed by atoms with van der Waals surface area (Å²) in [5, 5.41) is 10.3. The van der Waals surface area contributed by atoms with Gasteiger partial charge in [0.15, 0.2) is 0 Å². The number of nitrogens with zero attached hydrogens (tertiary/aromatic N) is 2. The molecule has 6 nitrogen and oxygen atoms in total. The van der Waals surface area contributed by atoms with Crippen LogP contribution in [-0.4, -0.2) is 60.6 Å². The van der Waals surface area contributed by atoms with Crippen LogP contribution in [0.3, 0.4) is 0 Å². The monoisotopic (exact) mass is 354 g/mol. The van der Waals surface area contributed by atoms with Gasteiger partial charge in [0.25, 0.3) is 10.2 Å². The maximum Gasteiger partial charge on any atom is 0.282 e. The van der Waals surface area contributed by atoms with Crippen molar-refractivity contribution in [3.05, 3.63) is 35.9 Å². The molecule has 3 rings (SSSR count). The van der Waals surface area contributed by atoms with Crippen molar-refractivity contribution in [3.8, 4) is 0 Å². The van der Waals surface area contributed by atoms with Gasteiger partial charge in [0.1, 0.15) is 0 Å². The minimum Gasteiger partial charge on any atom is -0.390 e. The second-order valence-corrected chi connectivity index (χ2v) is 8.76. The van der Waals surface area contributed by atoms with Crippen LogP contribution in [0, 0.1) is 0 Å². The number of ether oxygens (including phenoxy) is 1. The van der Waals surface area contributed by atoms with Crippen molar-refractivity contribution < 1.29 is 18.3 Å². The second-order valence-electron chi connectivity index (χ2n) is 6.72. The van der Waals surface area contributed by atoms with E-state index in [1.807, 2.05) is 30.3 Å². The summed E-state index contributed by atoms with van der Waals surface area (Å²) in [6, 6.07) is 9.56. The Labute approximate surface area is 144 Å². The Balaban J connectivity index is 1.64. The van der Waals surface area contributed by atoms with Crippen molar-refractivity contribution in [2.24, 2.45) is 0 Å². The molecule has 1 aromatic rings. The van der Waals surface area contributed by atoms with Crippen LogP contribution >= 0.6 is 0 Å². The number of aliphatic hydroxyl groups excluding tert-OH is 1. The van der Waals surface area contributed by atoms with E-state index in [1.165, 1.54) is 8.61 Å². The van der Waals surface area contributed by atoms with E-state index in [1.54, 1.807) is 7.05 Å². The molecule has 2 heterocycles. The largest absolute Gasteiger partial charge is 0.390 e. The third kappa shape index (κ3) is 3.50. The van der Waals surface area contributed by atoms with Crippen LogP contribution in [0.15, 0.2) is 30.3 Å². The van der Waals surface area contributed by atoms with E-state index in [0.29, 0.717) is 39.1 Å². The van der Waals surface area contributed by atoms with Crippen LogP contribution in [0.5, 0.6) is 0 Å². The van der Waals surface area contributed by atoms with Gasteiger partial charge < -0.3 is 9.84 Å². The van der Waals surface area contributed by atoms with Gasteiger partial charge in [0, 0.05) is 33.3 Å². The van der Waals surface area contributed by atoms with Gasteiger partial charge >= 0.3 is 0 Å². The highest BCUT2D eigenvalue weighted by Gasteiger charge is 2.46. The lowest BCUT2D eigenvalue weighted by atomic mass is 9.82. The molecule has 2 fully saturated rings. The topological polar surface area (TPSA) is 70.1 Å². The van der Waals surface area contributed by atoms with Crippen molar-refractivity contribution in [1.82, 2.24) is 8.61 Å². The summed E-state index contributed by atoms with van der Waals surface area (Å²) >= 11 is 0. The Kier molecular flexibility index (Phi) is 5.27. The third-order valence-electron chi connectivity index (χ3n) is 5.16. The standard InChI is InChI=1S/C17H26N2O4S/c1-18(14-15-6-3-2-4-7-15)24(21,22)19-11-9-17(10-12-19)16(20)8-5-13-23-17/h2-4,6-7,16,20H,5,8-14H2,1H3. The highest BCUT2D eigenvalue weighted by Crippen LogP contribution is 2.36. The van der Waals surface area contributed by atoms with Gasteiger partial charge in [-0.3, -0.25) is 0 Å². The molecule has 0 aromatic heterocycles. The Morgan fingerprint density at radius 2 is 1.96 bits per heavy atom. The van der Waals surface area contributed by atoms with Gasteiger partial charge in [0.2, 0.25) is 0 Å². The first-order valence-corrected chi connectivity index (χ1v) is 9.91. The predicted octanol–water partition coefficient (Wildman–Crippen LogP) is 1.37. The number of piperidine rings is 1. The lowest BCUT2D eigenvalue weighted by Crippen LogP contribution is -2.57. The first kappa shape index (κ1) is 17.8. The van der Waals surface area contributed by atoms with Crippen molar-refractivity contribution in [3.63, 3.8) is 0 Å². The Bertz CT molecular complexity index is 642. The molecule has 0 radical (unpaired) electrons. The molecular weight excluding hydrogens is 328 g/mol. The number of benzene rings is 1. The number of hydrogen-bond acceptors (Lipinski definition) is 4. The first-order valence-electron chi connectivity index (χ1n) is 8.51. The lowest BCUT2D eigenvalue weighted by molar-refractivity contribution is -0.172. The van der Waals surface area contributed by atoms with E-state index in [-0.39, 0.29) is 0 Å². The molecule has 0 amide bonds. The fourth-order valence-electron chi connectivity index (χ4n) is 3.60. The van der Waals surface area contributed by atoms with Gasteiger partial charge in [0.05, 0.1) is 11.7 Å². The first-order chi connectivity index (χ1) is 11.4. The predicted molar refractivity (Wildman–Crippen MR) is 91.6 cm³/mol. The zero-order valence-corrected chi connectivity index (χ0v) is 14.9. The summed E-state index contributed by atoms with van der Waals surface area (Å²) in [4.78, 5) is 0. The van der Waals surface area contributed by atoms with Gasteiger partial charge in [-0.15, -0.1) is 0 Å². The minimum absolute atomic E-state index is 0.351. The average Bonchev–Trinajstić information content (AvgIpc) is 2.59. The zero-order chi connectivity index (χ0) is 17.2. The fourth-order valence-corrected chi connectivity index (χ4v) is 4.95. The highest BCUT2D eigenvalue weighted by atomic mass is 32.2. The lowest BCUT2D eigenvalue weighted by Gasteiger charge is -2.46. The molecule has 0 aliphatic carbocycles. The van der Waals surface area contributed by atoms with E-state index in [4.69, 9.17) is 4.74 Å². The fraction of sp³-hybridized carbons (Fsp3) is 0.647. The molecule has 7 heteroatoms. The van der Waals surface area contributed by atoms with Crippen LogP contribution in [0.2, 0.25) is 0 Å². The molecule has 1 unspecified atom stereocenters. The highest BCUT2D eigenvalue weighted by molar-refractivity contribution is 7.86. The summed E-state index contributed by atoms with van der Waals surface area (Å²) in [5.74, 6) is 0. The summed E-state index contributed by atoms with van der Waals surface area (Å²) in [7, 11) is -1.89. The van der Waals surface area contributed by atoms with Crippen LogP contribution in [0.4, 0.5) is 0 Å². The summed E-state index contributed by atoms with van der Waals surface area (Å²) in [6.07, 6.45) is 2.21. The quantitative estimate of drug-likeness (QED) is 0.887. The molecule has 2 saturated heterocycles. The number of rotatable bonds is 4. The van der Waals surface area contributed by atoms with Crippen molar-refractivity contribution in [2.75, 3.05) is 26.7 Å². The van der Waals surface area contributed by atoms with Crippen molar-refractivity contribution in [1.29, 1.82) is 0 Å². The van der Waals surface area contributed by atoms with E-state index in [0.717, 1.165) is 18.4 Å². The minimum atomic E-state index is -3.50. The van der Waals surface area contributed by atoms with Gasteiger partial charge in [-0.1, -0.05) is 30.3 Å². The summed E-state index contributed by atoms with van der Waals surface area (Å²) < 4.78 is 34.3. The van der Waals surface area contributed by atoms with E-state index in [2.05, 4.69) is 0 Å². The van der Waals surface area contributed by atoms with Crippen molar-refractivity contribution in [2.45, 2.75) is 43.9 Å². The molecular formula is C17H26N2O4S. The Hall–Kier alpha value is -0.990. The summed E-state index contributed by atoms with van der Waals surface area (Å²) in [6.45, 7) is 1.78. The van der Waals surface area contributed by atoms with Crippen LogP contribution < -0.4 is 0 Å². The maximum atomic E-state index is 12.8. The SMILES string of the molecule is CN(Cc1ccccc1)S(=O)(=O)N1CCC2(CC1)OCCCC2O. The van der Waals surface area contributed by atoms with E-state index < -0.39 is 21.9 Å². The van der Waals surface area contributed by atoms with E-state index in [9.17, 15) is 13.5 Å². The molecule has 2 aliphatic rings. The number of aliphatic hydroxyl groups is 1. The van der Waals surface area contributed by atoms with Gasteiger partial charge in [-0.25, -0.2) is 0 Å². The average molecular weight is 354 g/mol. The van der Waals surface area contributed by atoms with Crippen molar-refractivity contribution >= 4 is 10.2 Å². The Morgan fingerprint density at radius 3 is 2.58 bits per heavy atom. The van der Waals surface area contributed by atoms with Crippen LogP contribution in [0.1, 0.15) is 31.2 Å². The molecule has 1 spiro atoms. The summed E-state index contributed by atoms with van der Waals surface area (Å²) in [5.41, 5.74) is 0.408. The second kappa shape index (κ2) is 7.09. The maximum absolute atomic E-state index is 12.8. The van der Waals surface area contributed by atoms with Crippen LogP contribution in [0.25, 0.3) is 0 Å². The molecule has 134 valence electrons. The molecule has 1 aromatic carbocycles.